The maximum atomic E-state index is 13.2. The van der Waals surface area contributed by atoms with Crippen LogP contribution in [0.4, 0.5) is 22.0 Å². The number of hydrogen-bond acceptors (Lipinski definition) is 3. The Balaban J connectivity index is 0.00000126. The number of alkyl halides is 3. The predicted octanol–water partition coefficient (Wildman–Crippen LogP) is 7.27. The summed E-state index contributed by atoms with van der Waals surface area (Å²) in [5, 5.41) is 2.83. The number of piperidine rings is 1. The number of carbonyl (C=O) groups is 1. The minimum Gasteiger partial charge on any atom is -0.351 e. The molecule has 0 aromatic heterocycles. The molecule has 0 radical (unpaired) electrons. The van der Waals surface area contributed by atoms with Crippen molar-refractivity contribution in [2.75, 3.05) is 26.2 Å². The van der Waals surface area contributed by atoms with Crippen LogP contribution in [-0.4, -0.2) is 57.6 Å². The van der Waals surface area contributed by atoms with Gasteiger partial charge in [0.2, 0.25) is 5.91 Å². The van der Waals surface area contributed by atoms with Crippen molar-refractivity contribution in [3.05, 3.63) is 77.9 Å². The van der Waals surface area contributed by atoms with Crippen LogP contribution >= 0.6 is 0 Å². The van der Waals surface area contributed by atoms with Crippen LogP contribution in [0.15, 0.2) is 77.3 Å². The Hall–Kier alpha value is -2.63. The van der Waals surface area contributed by atoms with E-state index in [-0.39, 0.29) is 41.1 Å². The molecule has 1 heterocycles. The summed E-state index contributed by atoms with van der Waals surface area (Å²) in [5.41, 5.74) is 0.0230. The molecule has 1 fully saturated rings. The molecular weight excluding hydrogens is 561 g/mol. The van der Waals surface area contributed by atoms with Gasteiger partial charge in [0.1, 0.15) is 16.8 Å². The zero-order chi connectivity index (χ0) is 31.2. The van der Waals surface area contributed by atoms with Crippen molar-refractivity contribution in [1.29, 1.82) is 0 Å². The SMILES string of the molecule is C=C/C(F)=C\C.CC/C(F)=C\C=C(/C)CNC(=O)CN1CCC(N(C(C)C)S(=O)c2cccc(C(F)(F)F)c2)CC1. The fourth-order valence-electron chi connectivity index (χ4n) is 4.01. The third-order valence-electron chi connectivity index (χ3n) is 6.27. The van der Waals surface area contributed by atoms with Gasteiger partial charge in [0, 0.05) is 31.7 Å². The lowest BCUT2D eigenvalue weighted by atomic mass is 10.0. The van der Waals surface area contributed by atoms with Gasteiger partial charge in [-0.05, 0) is 77.3 Å². The quantitative estimate of drug-likeness (QED) is 0.214. The minimum absolute atomic E-state index is 0.0740. The van der Waals surface area contributed by atoms with Crippen LogP contribution in [0.2, 0.25) is 0 Å². The zero-order valence-electron chi connectivity index (χ0n) is 24.4. The first-order chi connectivity index (χ1) is 19.2. The fourth-order valence-corrected chi connectivity index (χ4v) is 5.54. The maximum absolute atomic E-state index is 13.2. The van der Waals surface area contributed by atoms with E-state index in [9.17, 15) is 31.0 Å². The number of rotatable bonds is 11. The monoisotopic (exact) mass is 603 g/mol. The number of carbonyl (C=O) groups excluding carboxylic acids is 1. The molecule has 41 heavy (non-hydrogen) atoms. The van der Waals surface area contributed by atoms with E-state index in [2.05, 4.69) is 11.9 Å². The van der Waals surface area contributed by atoms with Gasteiger partial charge >= 0.3 is 6.18 Å². The molecule has 0 spiro atoms. The van der Waals surface area contributed by atoms with E-state index in [1.165, 1.54) is 30.4 Å². The zero-order valence-corrected chi connectivity index (χ0v) is 25.3. The van der Waals surface area contributed by atoms with Gasteiger partial charge in [-0.1, -0.05) is 37.3 Å². The van der Waals surface area contributed by atoms with E-state index >= 15 is 0 Å². The summed E-state index contributed by atoms with van der Waals surface area (Å²) in [7, 11) is -1.73. The molecule has 1 unspecified atom stereocenters. The van der Waals surface area contributed by atoms with Crippen LogP contribution in [-0.2, 0) is 22.0 Å². The first-order valence-corrected chi connectivity index (χ1v) is 14.7. The first-order valence-electron chi connectivity index (χ1n) is 13.6. The Labute approximate surface area is 243 Å². The van der Waals surface area contributed by atoms with E-state index in [4.69, 9.17) is 0 Å². The average molecular weight is 604 g/mol. The molecule has 1 amide bonds. The maximum Gasteiger partial charge on any atom is 0.416 e. The number of nitrogens with one attached hydrogen (secondary N) is 1. The summed E-state index contributed by atoms with van der Waals surface area (Å²) in [6.45, 7) is 13.9. The molecule has 1 aromatic carbocycles. The van der Waals surface area contributed by atoms with Gasteiger partial charge in [0.05, 0.1) is 22.8 Å². The van der Waals surface area contributed by atoms with E-state index < -0.39 is 22.7 Å². The summed E-state index contributed by atoms with van der Waals surface area (Å²) in [6, 6.07) is 4.46. The second-order valence-corrected chi connectivity index (χ2v) is 11.3. The number of allylic oxidation sites excluding steroid dienone is 6. The summed E-state index contributed by atoms with van der Waals surface area (Å²) < 4.78 is 79.1. The lowest BCUT2D eigenvalue weighted by molar-refractivity contribution is -0.137. The van der Waals surface area contributed by atoms with Gasteiger partial charge in [-0.15, -0.1) is 0 Å². The molecule has 2 rings (SSSR count). The van der Waals surface area contributed by atoms with Crippen LogP contribution < -0.4 is 5.32 Å². The second kappa shape index (κ2) is 18.0. The smallest absolute Gasteiger partial charge is 0.351 e. The number of nitrogens with zero attached hydrogens (tertiary/aromatic N) is 2. The molecule has 0 bridgehead atoms. The van der Waals surface area contributed by atoms with E-state index in [0.29, 0.717) is 38.9 Å². The van der Waals surface area contributed by atoms with Gasteiger partial charge in [0.25, 0.3) is 0 Å². The molecule has 0 saturated carbocycles. The van der Waals surface area contributed by atoms with Crippen LogP contribution in [0.3, 0.4) is 0 Å². The molecule has 1 aliphatic heterocycles. The normalized spacial score (nSPS) is 16.8. The Morgan fingerprint density at radius 1 is 1.22 bits per heavy atom. The summed E-state index contributed by atoms with van der Waals surface area (Å²) in [4.78, 5) is 14.5. The van der Waals surface area contributed by atoms with Crippen molar-refractivity contribution in [3.8, 4) is 0 Å². The van der Waals surface area contributed by atoms with Gasteiger partial charge in [-0.3, -0.25) is 9.69 Å². The van der Waals surface area contributed by atoms with Gasteiger partial charge in [-0.25, -0.2) is 17.3 Å². The van der Waals surface area contributed by atoms with E-state index in [1.807, 2.05) is 25.7 Å². The minimum atomic E-state index is -4.49. The van der Waals surface area contributed by atoms with Crippen molar-refractivity contribution in [1.82, 2.24) is 14.5 Å². The van der Waals surface area contributed by atoms with Crippen LogP contribution in [0.5, 0.6) is 0 Å². The van der Waals surface area contributed by atoms with Crippen molar-refractivity contribution in [3.63, 3.8) is 0 Å². The highest BCUT2D eigenvalue weighted by Crippen LogP contribution is 2.31. The standard InChI is InChI=1S/C25H35F4N3O2S.C5H7F/c1-5-21(26)10-9-19(4)16-30-24(33)17-31-13-11-22(12-14-31)32(18(2)3)35(34)23-8-6-7-20(15-23)25(27,28)29;1-3-5(6)4-2/h6-10,15,18,22H,5,11-14,16-17H2,1-4H3,(H,30,33);3-4H,1H2,2H3/b19-9+,21-10+;5-4+. The largest absolute Gasteiger partial charge is 0.416 e. The Morgan fingerprint density at radius 3 is 2.34 bits per heavy atom. The highest BCUT2D eigenvalue weighted by molar-refractivity contribution is 7.82. The Morgan fingerprint density at radius 2 is 1.85 bits per heavy atom. The number of hydrogen-bond donors (Lipinski definition) is 1. The third-order valence-corrected chi connectivity index (χ3v) is 8.03. The summed E-state index contributed by atoms with van der Waals surface area (Å²) in [5.74, 6) is -0.623. The molecule has 1 saturated heterocycles. The molecule has 1 atom stereocenters. The molecule has 0 aliphatic carbocycles. The van der Waals surface area contributed by atoms with E-state index in [0.717, 1.165) is 17.7 Å². The molecule has 230 valence electrons. The highest BCUT2D eigenvalue weighted by Gasteiger charge is 2.34. The average Bonchev–Trinajstić information content (AvgIpc) is 2.95. The molecule has 11 heteroatoms. The van der Waals surface area contributed by atoms with Gasteiger partial charge in [-0.2, -0.15) is 13.2 Å². The number of likely N-dealkylation sites (tertiary alicyclic amines) is 1. The number of benzene rings is 1. The molecular formula is C30H42F5N3O2S. The number of halogens is 5. The van der Waals surface area contributed by atoms with Crippen molar-refractivity contribution >= 4 is 16.9 Å². The van der Waals surface area contributed by atoms with Crippen molar-refractivity contribution in [2.45, 2.75) is 77.0 Å². The Kier molecular flexibility index (Phi) is 16.0. The molecule has 1 N–H and O–H groups in total. The van der Waals surface area contributed by atoms with Crippen LogP contribution in [0.25, 0.3) is 0 Å². The molecule has 1 aliphatic rings. The van der Waals surface area contributed by atoms with Crippen LogP contribution in [0, 0.1) is 0 Å². The first kappa shape index (κ1) is 36.4. The van der Waals surface area contributed by atoms with Gasteiger partial charge < -0.3 is 5.32 Å². The second-order valence-electron chi connectivity index (χ2n) is 9.87. The Bertz CT molecular complexity index is 1110. The lowest BCUT2D eigenvalue weighted by Gasteiger charge is -2.39. The van der Waals surface area contributed by atoms with E-state index in [1.54, 1.807) is 24.2 Å². The lowest BCUT2D eigenvalue weighted by Crippen LogP contribution is -2.50. The molecule has 1 aromatic rings. The number of amides is 1. The fraction of sp³-hybridized carbons (Fsp3) is 0.500. The summed E-state index contributed by atoms with van der Waals surface area (Å²) >= 11 is 0. The summed E-state index contributed by atoms with van der Waals surface area (Å²) in [6.07, 6.45) is 2.70. The topological polar surface area (TPSA) is 52.7 Å². The van der Waals surface area contributed by atoms with Crippen molar-refractivity contribution < 1.29 is 31.0 Å². The van der Waals surface area contributed by atoms with Crippen LogP contribution in [0.1, 0.15) is 59.4 Å². The predicted molar refractivity (Wildman–Crippen MR) is 156 cm³/mol. The van der Waals surface area contributed by atoms with Gasteiger partial charge in [0.15, 0.2) is 0 Å². The molecule has 5 nitrogen and oxygen atoms in total. The van der Waals surface area contributed by atoms with Crippen molar-refractivity contribution in [2.24, 2.45) is 0 Å². The third kappa shape index (κ3) is 13.3. The highest BCUT2D eigenvalue weighted by atomic mass is 32.2.